The lowest BCUT2D eigenvalue weighted by molar-refractivity contribution is -0.138. The Hall–Kier alpha value is -3.80. The third-order valence-corrected chi connectivity index (χ3v) is 6.88. The van der Waals surface area contributed by atoms with Crippen LogP contribution in [-0.2, 0) is 39.8 Å². The van der Waals surface area contributed by atoms with E-state index in [1.807, 2.05) is 0 Å². The monoisotopic (exact) mass is 649 g/mol. The first-order valence-corrected chi connectivity index (χ1v) is 12.9. The number of benzene rings is 2. The van der Waals surface area contributed by atoms with Gasteiger partial charge in [-0.3, -0.25) is 4.79 Å². The molecule has 1 N–H and O–H groups in total. The Morgan fingerprint density at radius 1 is 1.00 bits per heavy atom. The minimum Gasteiger partial charge on any atom is -0.368 e. The van der Waals surface area contributed by atoms with Crippen molar-refractivity contribution >= 4 is 39.6 Å². The highest BCUT2D eigenvalue weighted by atomic mass is 35.5. The molecule has 0 radical (unpaired) electrons. The number of carbonyl (C=O) groups excluding carboxylic acids is 1. The predicted molar refractivity (Wildman–Crippen MR) is 132 cm³/mol. The maximum absolute atomic E-state index is 14.1. The molecule has 3 rings (SSSR count). The Bertz CT molecular complexity index is 1630. The topological polar surface area (TPSA) is 96.7 Å². The molecule has 0 saturated heterocycles. The van der Waals surface area contributed by atoms with Gasteiger partial charge in [-0.15, -0.1) is 4.40 Å². The van der Waals surface area contributed by atoms with Gasteiger partial charge in [0.05, 0.1) is 40.7 Å². The number of hydrogen-bond donors (Lipinski definition) is 1. The first kappa shape index (κ1) is 32.7. The summed E-state index contributed by atoms with van der Waals surface area (Å²) in [5.41, 5.74) is -6.89. The summed E-state index contributed by atoms with van der Waals surface area (Å²) in [6, 6.07) is 2.40. The van der Waals surface area contributed by atoms with Crippen LogP contribution in [0.3, 0.4) is 0 Å². The lowest BCUT2D eigenvalue weighted by atomic mass is 10.1. The Balaban J connectivity index is 2.19. The average molecular weight is 650 g/mol. The van der Waals surface area contributed by atoms with Crippen LogP contribution in [-0.4, -0.2) is 49.4 Å². The normalized spacial score (nSPS) is 13.0. The SMILES string of the molecule is CN(C)/C=N/S(=O)(=O)c1cc(NC(=O)Cc2cc(C(F)(F)F)ccc2Cl)c(C(F)(F)F)cc1-n1cc(C(F)(F)F)cn1. The molecule has 0 bridgehead atoms. The molecule has 0 atom stereocenters. The van der Waals surface area contributed by atoms with Crippen LogP contribution in [0.2, 0.25) is 5.02 Å². The minimum atomic E-state index is -5.32. The fraction of sp³-hybridized carbons (Fsp3) is 0.261. The van der Waals surface area contributed by atoms with Gasteiger partial charge in [-0.25, -0.2) is 4.68 Å². The summed E-state index contributed by atoms with van der Waals surface area (Å²) < 4.78 is 150. The van der Waals surface area contributed by atoms with Crippen molar-refractivity contribution in [2.75, 3.05) is 19.4 Å². The molecule has 42 heavy (non-hydrogen) atoms. The standard InChI is InChI=1S/C23H17ClF9N5O3S/c1-37(2)11-35-42(40,41)19-8-17(36-20(39)6-12-5-13(21(25,26)27)3-4-16(12)24)15(23(31,32)33)7-18(19)38-10-14(9-34-38)22(28,29)30/h3-5,7-11H,6H2,1-2H3,(H,36,39)/b35-11+. The van der Waals surface area contributed by atoms with Crippen molar-refractivity contribution < 1.29 is 52.7 Å². The van der Waals surface area contributed by atoms with Gasteiger partial charge in [-0.1, -0.05) is 11.6 Å². The van der Waals surface area contributed by atoms with Crippen molar-refractivity contribution in [2.45, 2.75) is 29.8 Å². The molecule has 1 amide bonds. The Kier molecular flexibility index (Phi) is 8.93. The summed E-state index contributed by atoms with van der Waals surface area (Å²) >= 11 is 5.85. The lowest BCUT2D eigenvalue weighted by Crippen LogP contribution is -2.20. The van der Waals surface area contributed by atoms with Crippen LogP contribution in [0.4, 0.5) is 45.2 Å². The molecular weight excluding hydrogens is 633 g/mol. The molecule has 1 aromatic heterocycles. The smallest absolute Gasteiger partial charge is 0.368 e. The van der Waals surface area contributed by atoms with Gasteiger partial charge in [0.1, 0.15) is 11.2 Å². The van der Waals surface area contributed by atoms with Gasteiger partial charge in [-0.05, 0) is 35.9 Å². The molecule has 0 spiro atoms. The number of carbonyl (C=O) groups is 1. The van der Waals surface area contributed by atoms with Gasteiger partial charge < -0.3 is 10.2 Å². The number of anilines is 1. The van der Waals surface area contributed by atoms with E-state index >= 15 is 0 Å². The van der Waals surface area contributed by atoms with Crippen molar-refractivity contribution in [3.05, 3.63) is 70.0 Å². The largest absolute Gasteiger partial charge is 0.419 e. The van der Waals surface area contributed by atoms with E-state index in [-0.39, 0.29) is 28.2 Å². The summed E-state index contributed by atoms with van der Waals surface area (Å²) in [6.45, 7) is 0. The second-order valence-electron chi connectivity index (χ2n) is 8.72. The third kappa shape index (κ3) is 7.72. The minimum absolute atomic E-state index is 0.137. The van der Waals surface area contributed by atoms with Crippen molar-refractivity contribution in [2.24, 2.45) is 4.40 Å². The second kappa shape index (κ2) is 11.5. The van der Waals surface area contributed by atoms with Crippen LogP contribution in [0, 0.1) is 0 Å². The van der Waals surface area contributed by atoms with E-state index < -0.39 is 79.4 Å². The Labute approximate surface area is 236 Å². The molecule has 0 aliphatic carbocycles. The van der Waals surface area contributed by atoms with E-state index in [9.17, 15) is 52.7 Å². The molecule has 8 nitrogen and oxygen atoms in total. The number of rotatable bonds is 7. The highest BCUT2D eigenvalue weighted by molar-refractivity contribution is 7.90. The van der Waals surface area contributed by atoms with E-state index in [4.69, 9.17) is 11.6 Å². The maximum Gasteiger partial charge on any atom is 0.419 e. The number of halogens is 10. The fourth-order valence-corrected chi connectivity index (χ4v) is 4.65. The van der Waals surface area contributed by atoms with E-state index in [2.05, 4.69) is 9.50 Å². The Morgan fingerprint density at radius 2 is 1.62 bits per heavy atom. The van der Waals surface area contributed by atoms with Crippen molar-refractivity contribution in [1.82, 2.24) is 14.7 Å². The third-order valence-electron chi connectivity index (χ3n) is 5.25. The summed E-state index contributed by atoms with van der Waals surface area (Å²) in [4.78, 5) is 12.7. The number of alkyl halides is 9. The van der Waals surface area contributed by atoms with Gasteiger partial charge in [0.15, 0.2) is 0 Å². The second-order valence-corrected chi connectivity index (χ2v) is 10.7. The van der Waals surface area contributed by atoms with Crippen LogP contribution in [0.5, 0.6) is 0 Å². The van der Waals surface area contributed by atoms with Crippen LogP contribution < -0.4 is 5.32 Å². The molecule has 3 aromatic rings. The van der Waals surface area contributed by atoms with Gasteiger partial charge in [0.25, 0.3) is 10.0 Å². The zero-order valence-corrected chi connectivity index (χ0v) is 22.6. The molecule has 19 heteroatoms. The Morgan fingerprint density at radius 3 is 2.14 bits per heavy atom. The molecule has 0 aliphatic heterocycles. The number of hydrogen-bond acceptors (Lipinski definition) is 4. The van der Waals surface area contributed by atoms with E-state index in [1.165, 1.54) is 14.1 Å². The van der Waals surface area contributed by atoms with Gasteiger partial charge in [0.2, 0.25) is 5.91 Å². The number of sulfonamides is 1. The van der Waals surface area contributed by atoms with Crippen molar-refractivity contribution in [3.63, 3.8) is 0 Å². The lowest BCUT2D eigenvalue weighted by Gasteiger charge is -2.18. The summed E-state index contributed by atoms with van der Waals surface area (Å²) in [7, 11) is -2.25. The highest BCUT2D eigenvalue weighted by Crippen LogP contribution is 2.40. The quantitative estimate of drug-likeness (QED) is 0.191. The van der Waals surface area contributed by atoms with Crippen molar-refractivity contribution in [3.8, 4) is 5.69 Å². The number of nitrogens with one attached hydrogen (secondary N) is 1. The zero-order valence-electron chi connectivity index (χ0n) is 21.0. The number of amides is 1. The highest BCUT2D eigenvalue weighted by Gasteiger charge is 2.38. The summed E-state index contributed by atoms with van der Waals surface area (Å²) in [6.07, 6.45) is -14.8. The molecule has 0 aliphatic rings. The predicted octanol–water partition coefficient (Wildman–Crippen LogP) is 6.04. The molecule has 0 fully saturated rings. The molecule has 0 saturated carbocycles. The van der Waals surface area contributed by atoms with Crippen LogP contribution in [0.25, 0.3) is 5.69 Å². The van der Waals surface area contributed by atoms with Crippen LogP contribution in [0.1, 0.15) is 22.3 Å². The first-order valence-electron chi connectivity index (χ1n) is 11.1. The zero-order chi connectivity index (χ0) is 31.8. The average Bonchev–Trinajstić information content (AvgIpc) is 3.33. The number of nitrogens with zero attached hydrogens (tertiary/aromatic N) is 4. The molecule has 1 heterocycles. The van der Waals surface area contributed by atoms with Gasteiger partial charge in [0, 0.05) is 25.3 Å². The summed E-state index contributed by atoms with van der Waals surface area (Å²) in [5, 5.41) is 4.82. The van der Waals surface area contributed by atoms with E-state index in [0.29, 0.717) is 18.2 Å². The maximum atomic E-state index is 14.1. The molecule has 228 valence electrons. The van der Waals surface area contributed by atoms with Crippen molar-refractivity contribution in [1.29, 1.82) is 0 Å². The molecular formula is C23H17ClF9N5O3S. The molecule has 2 aromatic carbocycles. The summed E-state index contributed by atoms with van der Waals surface area (Å²) in [5.74, 6) is -1.33. The number of aromatic nitrogens is 2. The van der Waals surface area contributed by atoms with E-state index in [1.54, 1.807) is 5.32 Å². The van der Waals surface area contributed by atoms with Gasteiger partial charge in [-0.2, -0.15) is 53.0 Å². The van der Waals surface area contributed by atoms with Gasteiger partial charge >= 0.3 is 18.5 Å². The van der Waals surface area contributed by atoms with E-state index in [0.717, 1.165) is 17.3 Å². The first-order chi connectivity index (χ1) is 19.1. The van der Waals surface area contributed by atoms with Crippen LogP contribution >= 0.6 is 11.6 Å². The molecule has 0 unspecified atom stereocenters. The fourth-order valence-electron chi connectivity index (χ4n) is 3.36. The van der Waals surface area contributed by atoms with Crippen LogP contribution in [0.15, 0.2) is 52.0 Å².